The summed E-state index contributed by atoms with van der Waals surface area (Å²) in [6.07, 6.45) is 3.36. The maximum Gasteiger partial charge on any atom is 0.261 e. The summed E-state index contributed by atoms with van der Waals surface area (Å²) in [6.45, 7) is 8.50. The highest BCUT2D eigenvalue weighted by molar-refractivity contribution is 6.15. The van der Waals surface area contributed by atoms with Crippen LogP contribution in [-0.4, -0.2) is 110 Å². The number of hydrazone groups is 1. The van der Waals surface area contributed by atoms with Crippen molar-refractivity contribution in [1.82, 2.24) is 5.43 Å². The summed E-state index contributed by atoms with van der Waals surface area (Å²) in [6, 6.07) is 29.7. The lowest BCUT2D eigenvalue weighted by atomic mass is 10.1. The van der Waals surface area contributed by atoms with Gasteiger partial charge in [0.2, 0.25) is 0 Å². The molecule has 0 radical (unpaired) electrons. The molecule has 5 aromatic rings. The minimum absolute atomic E-state index is 0.0117. The van der Waals surface area contributed by atoms with E-state index in [1.54, 1.807) is 33.4 Å². The average Bonchev–Trinajstić information content (AvgIpc) is 3.84. The Morgan fingerprint density at radius 2 is 1.46 bits per heavy atom. The summed E-state index contributed by atoms with van der Waals surface area (Å²) in [5.74, 6) is 1.43. The van der Waals surface area contributed by atoms with Gasteiger partial charge >= 0.3 is 0 Å². The van der Waals surface area contributed by atoms with E-state index in [2.05, 4.69) is 51.1 Å². The number of carbonyl (C=O) groups is 2. The third-order valence-corrected chi connectivity index (χ3v) is 12.7. The van der Waals surface area contributed by atoms with Gasteiger partial charge in [0.05, 0.1) is 87.0 Å². The third-order valence-electron chi connectivity index (χ3n) is 12.7. The quantitative estimate of drug-likeness (QED) is 0.0454. The second kappa shape index (κ2) is 20.9. The van der Waals surface area contributed by atoms with Crippen LogP contribution >= 0.6 is 0 Å². The van der Waals surface area contributed by atoms with E-state index in [9.17, 15) is 9.59 Å². The number of benzene rings is 5. The number of methoxy groups -OCH3 is 2. The normalized spacial score (nSPS) is 16.7. The minimum Gasteiger partial charge on any atom is -0.493 e. The van der Waals surface area contributed by atoms with E-state index < -0.39 is 0 Å². The average molecular weight is 922 g/mol. The van der Waals surface area contributed by atoms with Crippen LogP contribution in [0.1, 0.15) is 55.5 Å². The fourth-order valence-corrected chi connectivity index (χ4v) is 9.47. The van der Waals surface area contributed by atoms with E-state index in [0.717, 1.165) is 57.1 Å². The number of nitrogens with one attached hydrogen (secondary N) is 2. The van der Waals surface area contributed by atoms with E-state index in [-0.39, 0.29) is 37.1 Å². The van der Waals surface area contributed by atoms with Gasteiger partial charge in [-0.05, 0) is 90.6 Å². The Hall–Kier alpha value is -6.94. The van der Waals surface area contributed by atoms with Gasteiger partial charge in [0.25, 0.3) is 11.8 Å². The second-order valence-corrected chi connectivity index (χ2v) is 17.4. The molecule has 2 N–H and O–H groups in total. The van der Waals surface area contributed by atoms with E-state index in [4.69, 9.17) is 33.4 Å². The van der Waals surface area contributed by atoms with Gasteiger partial charge in [-0.3, -0.25) is 19.5 Å². The van der Waals surface area contributed by atoms with Crippen molar-refractivity contribution in [3.63, 3.8) is 0 Å². The number of aliphatic imine (C=N–C) groups is 1. The SMILES string of the molecule is CN/N=C(\C)CN(CCOCCOCCOC)c1cc(COc2cc3c(cc2C)C(=O)N2c4ccccc4C[C@H]2CN3)cc(COc2cc3c(cc2OC)C(=O)N2c4ccccc4C[C@H]2C=N3)c1. The summed E-state index contributed by atoms with van der Waals surface area (Å²) in [4.78, 5) is 39.0. The van der Waals surface area contributed by atoms with E-state index in [1.165, 1.54) is 5.56 Å². The van der Waals surface area contributed by atoms with Crippen LogP contribution in [0.5, 0.6) is 17.2 Å². The summed E-state index contributed by atoms with van der Waals surface area (Å²) in [7, 11) is 5.00. The van der Waals surface area contributed by atoms with Gasteiger partial charge in [0, 0.05) is 69.1 Å². The number of ether oxygens (including phenoxy) is 6. The van der Waals surface area contributed by atoms with Crippen molar-refractivity contribution < 1.29 is 38.0 Å². The number of aryl methyl sites for hydroxylation is 1. The lowest BCUT2D eigenvalue weighted by molar-refractivity contribution is 0.0265. The molecule has 0 fully saturated rings. The van der Waals surface area contributed by atoms with Crippen molar-refractivity contribution >= 4 is 52.2 Å². The molecule has 2 amide bonds. The van der Waals surface area contributed by atoms with Gasteiger partial charge in [-0.1, -0.05) is 36.4 Å². The van der Waals surface area contributed by atoms with Crippen molar-refractivity contribution in [3.8, 4) is 17.2 Å². The molecule has 354 valence electrons. The molecule has 15 heteroatoms. The Morgan fingerprint density at radius 3 is 2.19 bits per heavy atom. The molecule has 2 atom stereocenters. The molecule has 5 aromatic carbocycles. The lowest BCUT2D eigenvalue weighted by Crippen LogP contribution is -2.39. The molecule has 0 unspecified atom stereocenters. The molecule has 0 aliphatic carbocycles. The molecular weight excluding hydrogens is 863 g/mol. The number of anilines is 4. The standard InChI is InChI=1S/C53H59N7O8/c1-34-20-43-45(55-29-41-24-38-10-6-8-12-47(38)59(41)52(43)61)27-49(34)67-32-36-21-37(23-40(22-36)58(31-35(2)57-54-3)14-15-65-18-19-66-17-16-63-4)33-68-51-28-46-44(26-50(51)64-5)53(62)60-42(30-56-46)25-39-11-7-9-13-48(39)60/h6-13,20-23,26-28,30,41-42,54-55H,14-19,24-25,29,31-33H2,1-5H3/b57-35+/t41-,42-/m0/s1. The van der Waals surface area contributed by atoms with Crippen molar-refractivity contribution in [3.05, 3.63) is 130 Å². The molecule has 9 rings (SSSR count). The number of amides is 2. The third kappa shape index (κ3) is 9.87. The molecule has 68 heavy (non-hydrogen) atoms. The summed E-state index contributed by atoms with van der Waals surface area (Å²) in [5.41, 5.74) is 13.9. The number of hydrogen-bond donors (Lipinski definition) is 2. The molecular formula is C53H59N7O8. The van der Waals surface area contributed by atoms with Crippen LogP contribution in [0.15, 0.2) is 101 Å². The molecule has 4 aliphatic rings. The first-order chi connectivity index (χ1) is 33.2. The summed E-state index contributed by atoms with van der Waals surface area (Å²) in [5, 5.41) is 8.04. The van der Waals surface area contributed by atoms with E-state index in [1.807, 2.05) is 78.4 Å². The summed E-state index contributed by atoms with van der Waals surface area (Å²) < 4.78 is 35.8. The number of carbonyl (C=O) groups excluding carboxylic acids is 2. The van der Waals surface area contributed by atoms with Crippen LogP contribution in [0.25, 0.3) is 0 Å². The highest BCUT2D eigenvalue weighted by atomic mass is 16.5. The Bertz CT molecular complexity index is 2720. The monoisotopic (exact) mass is 921 g/mol. The van der Waals surface area contributed by atoms with Gasteiger partial charge in [0.15, 0.2) is 11.5 Å². The van der Waals surface area contributed by atoms with Crippen LogP contribution in [0.4, 0.5) is 28.4 Å². The highest BCUT2D eigenvalue weighted by Crippen LogP contribution is 2.42. The fraction of sp³-hybridized carbons (Fsp3) is 0.358. The molecule has 0 saturated carbocycles. The molecule has 15 nitrogen and oxygen atoms in total. The number of para-hydroxylation sites is 2. The van der Waals surface area contributed by atoms with Crippen molar-refractivity contribution in [1.29, 1.82) is 0 Å². The predicted octanol–water partition coefficient (Wildman–Crippen LogP) is 7.53. The van der Waals surface area contributed by atoms with Gasteiger partial charge in [-0.2, -0.15) is 5.10 Å². The maximum absolute atomic E-state index is 14.1. The Morgan fingerprint density at radius 1 is 0.779 bits per heavy atom. The highest BCUT2D eigenvalue weighted by Gasteiger charge is 2.38. The zero-order chi connectivity index (χ0) is 47.1. The largest absolute Gasteiger partial charge is 0.493 e. The topological polar surface area (TPSA) is 148 Å². The molecule has 0 bridgehead atoms. The van der Waals surface area contributed by atoms with E-state index in [0.29, 0.717) is 93.2 Å². The van der Waals surface area contributed by atoms with Crippen molar-refractivity contribution in [2.75, 3.05) is 94.0 Å². The first-order valence-electron chi connectivity index (χ1n) is 23.2. The van der Waals surface area contributed by atoms with Gasteiger partial charge in [-0.25, -0.2) is 0 Å². The van der Waals surface area contributed by atoms with Gasteiger partial charge in [0.1, 0.15) is 19.0 Å². The lowest BCUT2D eigenvalue weighted by Gasteiger charge is -2.26. The summed E-state index contributed by atoms with van der Waals surface area (Å²) >= 11 is 0. The minimum atomic E-state index is -0.181. The maximum atomic E-state index is 14.1. The van der Waals surface area contributed by atoms with Crippen LogP contribution in [0.2, 0.25) is 0 Å². The van der Waals surface area contributed by atoms with Crippen LogP contribution in [0, 0.1) is 6.92 Å². The fourth-order valence-electron chi connectivity index (χ4n) is 9.47. The predicted molar refractivity (Wildman–Crippen MR) is 265 cm³/mol. The molecule has 0 aromatic heterocycles. The second-order valence-electron chi connectivity index (χ2n) is 17.4. The Labute approximate surface area is 397 Å². The zero-order valence-corrected chi connectivity index (χ0v) is 39.4. The molecule has 4 heterocycles. The van der Waals surface area contributed by atoms with Gasteiger partial charge < -0.3 is 49.0 Å². The molecule has 0 spiro atoms. The van der Waals surface area contributed by atoms with Crippen LogP contribution in [0.3, 0.4) is 0 Å². The molecule has 4 aliphatic heterocycles. The van der Waals surface area contributed by atoms with Crippen LogP contribution in [-0.2, 0) is 40.3 Å². The smallest absolute Gasteiger partial charge is 0.261 e. The zero-order valence-electron chi connectivity index (χ0n) is 39.4. The number of rotatable bonds is 20. The number of hydrogen-bond acceptors (Lipinski definition) is 13. The Kier molecular flexibility index (Phi) is 14.2. The first kappa shape index (κ1) is 46.2. The molecule has 0 saturated heterocycles. The van der Waals surface area contributed by atoms with Crippen LogP contribution < -0.4 is 39.7 Å². The number of nitrogens with zero attached hydrogens (tertiary/aromatic N) is 5. The number of fused-ring (bicyclic) bond motifs is 8. The van der Waals surface area contributed by atoms with Crippen molar-refractivity contribution in [2.24, 2.45) is 10.1 Å². The van der Waals surface area contributed by atoms with Crippen molar-refractivity contribution in [2.45, 2.75) is 52.0 Å². The van der Waals surface area contributed by atoms with E-state index >= 15 is 0 Å². The first-order valence-corrected chi connectivity index (χ1v) is 23.2. The Balaban J connectivity index is 0.982. The van der Waals surface area contributed by atoms with Gasteiger partial charge in [-0.15, -0.1) is 0 Å².